The van der Waals surface area contributed by atoms with Crippen molar-refractivity contribution in [2.75, 3.05) is 0 Å². The first-order chi connectivity index (χ1) is 14.6. The van der Waals surface area contributed by atoms with Crippen LogP contribution in [-0.4, -0.2) is 5.97 Å². The molecular weight excluding hydrogens is 510 g/mol. The molecule has 0 radical (unpaired) electrons. The maximum atomic E-state index is 13.6. The fourth-order valence-corrected chi connectivity index (χ4v) is 5.72. The predicted molar refractivity (Wildman–Crippen MR) is 126 cm³/mol. The highest BCUT2D eigenvalue weighted by Gasteiger charge is 2.28. The highest BCUT2D eigenvalue weighted by atomic mass is 127. The Labute approximate surface area is 191 Å². The largest absolute Gasteiger partial charge is 0.423 e. The Morgan fingerprint density at radius 3 is 1.80 bits per heavy atom. The summed E-state index contributed by atoms with van der Waals surface area (Å²) in [5, 5.41) is 0. The molecule has 5 heteroatoms. The van der Waals surface area contributed by atoms with Gasteiger partial charge in [0, 0.05) is 3.57 Å². The topological polar surface area (TPSA) is 26.3 Å². The van der Waals surface area contributed by atoms with Gasteiger partial charge in [0.1, 0.15) is 11.6 Å². The molecule has 0 amide bonds. The van der Waals surface area contributed by atoms with Gasteiger partial charge in [0.15, 0.2) is 14.7 Å². The van der Waals surface area contributed by atoms with Crippen molar-refractivity contribution in [2.24, 2.45) is 0 Å². The molecule has 4 aromatic rings. The fourth-order valence-electron chi connectivity index (χ4n) is 3.00. The molecule has 0 bridgehead atoms. The van der Waals surface area contributed by atoms with E-state index in [2.05, 4.69) is 24.3 Å². The summed E-state index contributed by atoms with van der Waals surface area (Å²) in [5.41, 5.74) is 0.191. The summed E-state index contributed by atoms with van der Waals surface area (Å²) in [6.07, 6.45) is 0. The van der Waals surface area contributed by atoms with Crippen LogP contribution in [0.25, 0.3) is 0 Å². The number of benzene rings is 4. The van der Waals surface area contributed by atoms with E-state index in [-0.39, 0.29) is 16.5 Å². The Kier molecular flexibility index (Phi) is 6.50. The van der Waals surface area contributed by atoms with Crippen molar-refractivity contribution in [3.05, 3.63) is 118 Å². The molecule has 0 aliphatic carbocycles. The predicted octanol–water partition coefficient (Wildman–Crippen LogP) is 6.74. The smallest absolute Gasteiger partial charge is 0.343 e. The molecule has 0 N–H and O–H groups in total. The van der Waals surface area contributed by atoms with Crippen LogP contribution in [-0.2, 0) is 10.9 Å². The lowest BCUT2D eigenvalue weighted by atomic mass is 10.2. The number of halogens is 2. The second-order valence-corrected chi connectivity index (χ2v) is 9.72. The SMILES string of the molecule is O=C(Oc1ccc([S+](c2ccccc2)c2ccccc2)cc1)c1cc(F)cc(I)c1. The minimum absolute atomic E-state index is 0.191. The van der Waals surface area contributed by atoms with Gasteiger partial charge in [-0.3, -0.25) is 0 Å². The van der Waals surface area contributed by atoms with Crippen LogP contribution < -0.4 is 4.74 Å². The molecule has 148 valence electrons. The Morgan fingerprint density at radius 2 is 1.27 bits per heavy atom. The summed E-state index contributed by atoms with van der Waals surface area (Å²) in [5.74, 6) is -0.614. The van der Waals surface area contributed by atoms with Gasteiger partial charge in [-0.2, -0.15) is 0 Å². The second kappa shape index (κ2) is 9.45. The van der Waals surface area contributed by atoms with Crippen LogP contribution in [0, 0.1) is 9.39 Å². The van der Waals surface area contributed by atoms with Crippen LogP contribution in [0.3, 0.4) is 0 Å². The lowest BCUT2D eigenvalue weighted by Crippen LogP contribution is -2.09. The van der Waals surface area contributed by atoms with Gasteiger partial charge in [0.25, 0.3) is 0 Å². The molecule has 0 saturated heterocycles. The van der Waals surface area contributed by atoms with Gasteiger partial charge in [-0.1, -0.05) is 36.4 Å². The zero-order valence-electron chi connectivity index (χ0n) is 15.8. The minimum Gasteiger partial charge on any atom is -0.423 e. The van der Waals surface area contributed by atoms with Crippen LogP contribution in [0.4, 0.5) is 4.39 Å². The Hall–Kier alpha value is -2.64. The average Bonchev–Trinajstić information content (AvgIpc) is 2.76. The molecule has 4 aromatic carbocycles. The quantitative estimate of drug-likeness (QED) is 0.124. The lowest BCUT2D eigenvalue weighted by molar-refractivity contribution is 0.0734. The van der Waals surface area contributed by atoms with Gasteiger partial charge in [-0.25, -0.2) is 9.18 Å². The van der Waals surface area contributed by atoms with Gasteiger partial charge >= 0.3 is 5.97 Å². The summed E-state index contributed by atoms with van der Waals surface area (Å²) in [6, 6.07) is 32.3. The first-order valence-corrected chi connectivity index (χ1v) is 11.5. The van der Waals surface area contributed by atoms with Crippen LogP contribution in [0.2, 0.25) is 0 Å². The Morgan fingerprint density at radius 1 is 0.733 bits per heavy atom. The van der Waals surface area contributed by atoms with E-state index >= 15 is 0 Å². The van der Waals surface area contributed by atoms with Gasteiger partial charge < -0.3 is 4.74 Å². The van der Waals surface area contributed by atoms with Crippen LogP contribution in [0.1, 0.15) is 10.4 Å². The van der Waals surface area contributed by atoms with Gasteiger partial charge in [0.05, 0.1) is 16.5 Å². The van der Waals surface area contributed by atoms with E-state index in [0.29, 0.717) is 9.32 Å². The van der Waals surface area contributed by atoms with E-state index in [4.69, 9.17) is 4.74 Å². The van der Waals surface area contributed by atoms with Crippen molar-refractivity contribution in [1.82, 2.24) is 0 Å². The van der Waals surface area contributed by atoms with E-state index in [9.17, 15) is 9.18 Å². The van der Waals surface area contributed by atoms with E-state index in [1.165, 1.54) is 21.9 Å². The summed E-state index contributed by atoms with van der Waals surface area (Å²) in [7, 11) is -0.269. The van der Waals surface area contributed by atoms with E-state index in [1.807, 2.05) is 71.1 Å². The summed E-state index contributed by atoms with van der Waals surface area (Å²) >= 11 is 1.97. The number of rotatable bonds is 5. The zero-order valence-corrected chi connectivity index (χ0v) is 18.8. The molecule has 0 spiro atoms. The third-order valence-electron chi connectivity index (χ3n) is 4.33. The number of carbonyl (C=O) groups is 1. The molecule has 0 aliphatic rings. The molecule has 0 saturated carbocycles. The maximum Gasteiger partial charge on any atom is 0.343 e. The monoisotopic (exact) mass is 527 g/mol. The summed E-state index contributed by atoms with van der Waals surface area (Å²) in [6.45, 7) is 0. The molecule has 2 nitrogen and oxygen atoms in total. The number of hydrogen-bond donors (Lipinski definition) is 0. The third-order valence-corrected chi connectivity index (χ3v) is 7.18. The third kappa shape index (κ3) is 4.91. The number of carbonyl (C=O) groups excluding carboxylic acids is 1. The van der Waals surface area contributed by atoms with Crippen LogP contribution >= 0.6 is 22.6 Å². The standard InChI is InChI=1S/C25H17FIO2S/c26-19-15-18(16-20(27)17-19)25(28)29-21-11-13-24(14-12-21)30(22-7-3-1-4-8-22)23-9-5-2-6-10-23/h1-17H/q+1. The number of hydrogen-bond acceptors (Lipinski definition) is 2. The van der Waals surface area contributed by atoms with Crippen molar-refractivity contribution in [3.63, 3.8) is 0 Å². The van der Waals surface area contributed by atoms with E-state index in [1.54, 1.807) is 18.2 Å². The van der Waals surface area contributed by atoms with Crippen molar-refractivity contribution in [2.45, 2.75) is 14.7 Å². The minimum atomic E-state index is -0.578. The summed E-state index contributed by atoms with van der Waals surface area (Å²) < 4.78 is 19.7. The molecule has 0 atom stereocenters. The van der Waals surface area contributed by atoms with Gasteiger partial charge in [-0.05, 0) is 89.3 Å². The van der Waals surface area contributed by atoms with Crippen LogP contribution in [0.5, 0.6) is 5.75 Å². The van der Waals surface area contributed by atoms with E-state index < -0.39 is 11.8 Å². The lowest BCUT2D eigenvalue weighted by Gasteiger charge is -2.09. The molecule has 0 unspecified atom stereocenters. The van der Waals surface area contributed by atoms with E-state index in [0.717, 1.165) is 4.90 Å². The van der Waals surface area contributed by atoms with Crippen molar-refractivity contribution in [1.29, 1.82) is 0 Å². The average molecular weight is 527 g/mol. The zero-order chi connectivity index (χ0) is 20.9. The fraction of sp³-hybridized carbons (Fsp3) is 0. The van der Waals surface area contributed by atoms with Crippen molar-refractivity contribution >= 4 is 39.5 Å². The Balaban J connectivity index is 1.60. The number of ether oxygens (including phenoxy) is 1. The molecular formula is C25H17FIO2S+. The molecule has 0 aromatic heterocycles. The highest BCUT2D eigenvalue weighted by molar-refractivity contribution is 14.1. The molecule has 4 rings (SSSR count). The summed E-state index contributed by atoms with van der Waals surface area (Å²) in [4.78, 5) is 15.9. The molecule has 0 fully saturated rings. The number of esters is 1. The molecule has 30 heavy (non-hydrogen) atoms. The first-order valence-electron chi connectivity index (χ1n) is 9.23. The van der Waals surface area contributed by atoms with Crippen molar-refractivity contribution in [3.8, 4) is 5.75 Å². The highest BCUT2D eigenvalue weighted by Crippen LogP contribution is 2.32. The normalized spacial score (nSPS) is 10.8. The Bertz CT molecular complexity index is 1090. The van der Waals surface area contributed by atoms with Crippen LogP contribution in [0.15, 0.2) is 118 Å². The first kappa shape index (κ1) is 20.6. The molecule has 0 aliphatic heterocycles. The van der Waals surface area contributed by atoms with Crippen molar-refractivity contribution < 1.29 is 13.9 Å². The molecule has 0 heterocycles. The van der Waals surface area contributed by atoms with Gasteiger partial charge in [-0.15, -0.1) is 0 Å². The second-order valence-electron chi connectivity index (χ2n) is 6.45. The maximum absolute atomic E-state index is 13.6. The van der Waals surface area contributed by atoms with Gasteiger partial charge in [0.2, 0.25) is 0 Å².